The third kappa shape index (κ3) is 5.99. The average molecular weight is 319 g/mol. The normalized spacial score (nSPS) is 12.1. The van der Waals surface area contributed by atoms with Gasteiger partial charge in [0.15, 0.2) is 0 Å². The van der Waals surface area contributed by atoms with Crippen LogP contribution in [-0.4, -0.2) is 35.7 Å². The Morgan fingerprint density at radius 2 is 1.95 bits per heavy atom. The molecule has 0 radical (unpaired) electrons. The summed E-state index contributed by atoms with van der Waals surface area (Å²) >= 11 is 11.9. The van der Waals surface area contributed by atoms with E-state index in [-0.39, 0.29) is 18.7 Å². The lowest BCUT2D eigenvalue weighted by Gasteiger charge is -2.21. The standard InChI is InChI=1S/C14H20Cl2N2O2/c1-10(4-3-5-19)17-14(20)18(2)9-11-6-12(15)8-13(16)7-11/h6-8,10,19H,3-5,9H2,1-2H3,(H,17,20). The molecule has 0 aliphatic heterocycles. The lowest BCUT2D eigenvalue weighted by atomic mass is 10.2. The van der Waals surface area contributed by atoms with Gasteiger partial charge in [0.1, 0.15) is 0 Å². The molecule has 0 bridgehead atoms. The monoisotopic (exact) mass is 318 g/mol. The van der Waals surface area contributed by atoms with Gasteiger partial charge in [-0.2, -0.15) is 0 Å². The first-order valence-corrected chi connectivity index (χ1v) is 7.25. The molecule has 0 saturated heterocycles. The van der Waals surface area contributed by atoms with Crippen LogP contribution in [0.2, 0.25) is 10.0 Å². The molecular formula is C14H20Cl2N2O2. The van der Waals surface area contributed by atoms with Gasteiger partial charge in [-0.15, -0.1) is 0 Å². The van der Waals surface area contributed by atoms with Crippen molar-refractivity contribution in [2.45, 2.75) is 32.4 Å². The maximum Gasteiger partial charge on any atom is 0.317 e. The van der Waals surface area contributed by atoms with Gasteiger partial charge >= 0.3 is 6.03 Å². The van der Waals surface area contributed by atoms with Crippen LogP contribution in [0.3, 0.4) is 0 Å². The zero-order valence-corrected chi connectivity index (χ0v) is 13.2. The number of aliphatic hydroxyl groups excluding tert-OH is 1. The number of rotatable bonds is 6. The SMILES string of the molecule is CC(CCCO)NC(=O)N(C)Cc1cc(Cl)cc(Cl)c1. The topological polar surface area (TPSA) is 52.6 Å². The summed E-state index contributed by atoms with van der Waals surface area (Å²) in [6, 6.07) is 5.09. The van der Waals surface area contributed by atoms with Crippen LogP contribution in [0.15, 0.2) is 18.2 Å². The van der Waals surface area contributed by atoms with Crippen LogP contribution in [0.4, 0.5) is 4.79 Å². The molecule has 0 heterocycles. The summed E-state index contributed by atoms with van der Waals surface area (Å²) in [7, 11) is 1.71. The molecule has 2 amide bonds. The van der Waals surface area contributed by atoms with Crippen LogP contribution in [0, 0.1) is 0 Å². The predicted molar refractivity (Wildman–Crippen MR) is 82.2 cm³/mol. The van der Waals surface area contributed by atoms with Crippen molar-refractivity contribution in [3.63, 3.8) is 0 Å². The molecule has 0 aromatic heterocycles. The van der Waals surface area contributed by atoms with Crippen LogP contribution in [-0.2, 0) is 6.54 Å². The molecule has 1 aromatic rings. The Kier molecular flexibility index (Phi) is 7.13. The number of nitrogens with zero attached hydrogens (tertiary/aromatic N) is 1. The van der Waals surface area contributed by atoms with Crippen molar-refractivity contribution in [3.8, 4) is 0 Å². The number of hydrogen-bond donors (Lipinski definition) is 2. The number of carbonyl (C=O) groups excluding carboxylic acids is 1. The highest BCUT2D eigenvalue weighted by molar-refractivity contribution is 6.34. The predicted octanol–water partition coefficient (Wildman–Crippen LogP) is 3.30. The summed E-state index contributed by atoms with van der Waals surface area (Å²) in [5.41, 5.74) is 0.878. The number of aliphatic hydroxyl groups is 1. The second kappa shape index (κ2) is 8.35. The van der Waals surface area contributed by atoms with E-state index in [0.717, 1.165) is 12.0 Å². The zero-order valence-electron chi connectivity index (χ0n) is 11.7. The third-order valence-corrected chi connectivity index (χ3v) is 3.29. The molecule has 6 heteroatoms. The number of halogens is 2. The van der Waals surface area contributed by atoms with Crippen LogP contribution in [0.1, 0.15) is 25.3 Å². The second-order valence-corrected chi connectivity index (χ2v) is 5.72. The molecule has 0 aliphatic carbocycles. The van der Waals surface area contributed by atoms with Crippen LogP contribution < -0.4 is 5.32 Å². The molecule has 4 nitrogen and oxygen atoms in total. The van der Waals surface area contributed by atoms with E-state index in [2.05, 4.69) is 5.32 Å². The van der Waals surface area contributed by atoms with Crippen LogP contribution in [0.25, 0.3) is 0 Å². The molecular weight excluding hydrogens is 299 g/mol. The largest absolute Gasteiger partial charge is 0.396 e. The van der Waals surface area contributed by atoms with E-state index >= 15 is 0 Å². The van der Waals surface area contributed by atoms with Crippen LogP contribution >= 0.6 is 23.2 Å². The van der Waals surface area contributed by atoms with Crippen molar-refractivity contribution in [1.82, 2.24) is 10.2 Å². The third-order valence-electron chi connectivity index (χ3n) is 2.85. The van der Waals surface area contributed by atoms with Crippen molar-refractivity contribution >= 4 is 29.2 Å². The molecule has 0 fully saturated rings. The molecule has 1 atom stereocenters. The Labute approximate surface area is 129 Å². The van der Waals surface area contributed by atoms with Gasteiger partial charge in [0.2, 0.25) is 0 Å². The van der Waals surface area contributed by atoms with Crippen molar-refractivity contribution in [2.75, 3.05) is 13.7 Å². The number of carbonyl (C=O) groups is 1. The molecule has 0 spiro atoms. The van der Waals surface area contributed by atoms with Gasteiger partial charge in [0, 0.05) is 36.3 Å². The Morgan fingerprint density at radius 3 is 2.50 bits per heavy atom. The Bertz CT molecular complexity index is 435. The van der Waals surface area contributed by atoms with E-state index in [1.165, 1.54) is 0 Å². The maximum absolute atomic E-state index is 12.0. The highest BCUT2D eigenvalue weighted by Crippen LogP contribution is 2.19. The second-order valence-electron chi connectivity index (χ2n) is 4.85. The minimum absolute atomic E-state index is 0.0278. The van der Waals surface area contributed by atoms with E-state index in [9.17, 15) is 4.79 Å². The van der Waals surface area contributed by atoms with Crippen molar-refractivity contribution in [2.24, 2.45) is 0 Å². The van der Waals surface area contributed by atoms with Gasteiger partial charge in [-0.05, 0) is 43.5 Å². The lowest BCUT2D eigenvalue weighted by molar-refractivity contribution is 0.201. The summed E-state index contributed by atoms with van der Waals surface area (Å²) in [5, 5.41) is 12.7. The summed E-state index contributed by atoms with van der Waals surface area (Å²) in [4.78, 5) is 13.5. The number of hydrogen-bond acceptors (Lipinski definition) is 2. The molecule has 1 aromatic carbocycles. The Hall–Kier alpha value is -0.970. The molecule has 2 N–H and O–H groups in total. The van der Waals surface area contributed by atoms with Gasteiger partial charge in [0.05, 0.1) is 0 Å². The first kappa shape index (κ1) is 17.1. The number of amides is 2. The average Bonchev–Trinajstić information content (AvgIpc) is 2.34. The first-order chi connectivity index (χ1) is 9.42. The van der Waals surface area contributed by atoms with E-state index in [1.54, 1.807) is 30.1 Å². The smallest absolute Gasteiger partial charge is 0.317 e. The molecule has 0 aliphatic rings. The number of urea groups is 1. The summed E-state index contributed by atoms with van der Waals surface area (Å²) in [6.45, 7) is 2.48. The zero-order chi connectivity index (χ0) is 15.1. The minimum atomic E-state index is -0.161. The summed E-state index contributed by atoms with van der Waals surface area (Å²) in [6.07, 6.45) is 1.42. The summed E-state index contributed by atoms with van der Waals surface area (Å²) in [5.74, 6) is 0. The van der Waals surface area contributed by atoms with E-state index in [0.29, 0.717) is 23.0 Å². The van der Waals surface area contributed by atoms with Gasteiger partial charge in [-0.25, -0.2) is 4.79 Å². The molecule has 0 saturated carbocycles. The fraction of sp³-hybridized carbons (Fsp3) is 0.500. The van der Waals surface area contributed by atoms with E-state index < -0.39 is 0 Å². The summed E-state index contributed by atoms with van der Waals surface area (Å²) < 4.78 is 0. The molecule has 20 heavy (non-hydrogen) atoms. The van der Waals surface area contributed by atoms with Crippen molar-refractivity contribution in [1.29, 1.82) is 0 Å². The van der Waals surface area contributed by atoms with E-state index in [1.807, 2.05) is 6.92 Å². The maximum atomic E-state index is 12.0. The Balaban J connectivity index is 2.52. The van der Waals surface area contributed by atoms with Crippen molar-refractivity contribution in [3.05, 3.63) is 33.8 Å². The number of nitrogens with one attached hydrogen (secondary N) is 1. The number of benzene rings is 1. The van der Waals surface area contributed by atoms with Gasteiger partial charge in [0.25, 0.3) is 0 Å². The Morgan fingerprint density at radius 1 is 1.35 bits per heavy atom. The molecule has 1 unspecified atom stereocenters. The first-order valence-electron chi connectivity index (χ1n) is 6.50. The fourth-order valence-electron chi connectivity index (χ4n) is 1.84. The van der Waals surface area contributed by atoms with Gasteiger partial charge in [-0.1, -0.05) is 23.2 Å². The molecule has 1 rings (SSSR count). The highest BCUT2D eigenvalue weighted by atomic mass is 35.5. The minimum Gasteiger partial charge on any atom is -0.396 e. The van der Waals surface area contributed by atoms with Crippen molar-refractivity contribution < 1.29 is 9.90 Å². The lowest BCUT2D eigenvalue weighted by Crippen LogP contribution is -2.41. The van der Waals surface area contributed by atoms with Gasteiger partial charge < -0.3 is 15.3 Å². The van der Waals surface area contributed by atoms with Gasteiger partial charge in [-0.3, -0.25) is 0 Å². The van der Waals surface area contributed by atoms with Crippen LogP contribution in [0.5, 0.6) is 0 Å². The fourth-order valence-corrected chi connectivity index (χ4v) is 2.41. The highest BCUT2D eigenvalue weighted by Gasteiger charge is 2.12. The quantitative estimate of drug-likeness (QED) is 0.845. The van der Waals surface area contributed by atoms with E-state index in [4.69, 9.17) is 28.3 Å². The molecule has 112 valence electrons.